The fraction of sp³-hybridized carbons (Fsp3) is 0.650. The molecular weight excluding hydrogens is 674 g/mol. The van der Waals surface area contributed by atoms with Gasteiger partial charge in [-0.1, -0.05) is 79.7 Å². The fourth-order valence-corrected chi connectivity index (χ4v) is 7.38. The van der Waals surface area contributed by atoms with Gasteiger partial charge in [0.1, 0.15) is 23.8 Å². The van der Waals surface area contributed by atoms with E-state index < -0.39 is 70.3 Å². The Hall–Kier alpha value is -4.60. The number of nitrogens with one attached hydrogen (secondary N) is 4. The predicted octanol–water partition coefficient (Wildman–Crippen LogP) is 3.50. The molecule has 2 fully saturated rings. The Bertz CT molecular complexity index is 1510. The first kappa shape index (κ1) is 42.8. The minimum Gasteiger partial charge on any atom is -0.346 e. The number of hydrogen-bond acceptors (Lipinski definition) is 8. The van der Waals surface area contributed by atoms with Crippen molar-refractivity contribution in [1.82, 2.24) is 36.1 Å². The van der Waals surface area contributed by atoms with Crippen molar-refractivity contribution in [2.45, 2.75) is 130 Å². The molecule has 1 aromatic heterocycles. The van der Waals surface area contributed by atoms with E-state index in [0.29, 0.717) is 25.7 Å². The van der Waals surface area contributed by atoms with Crippen LogP contribution in [-0.2, 0) is 24.0 Å². The van der Waals surface area contributed by atoms with Crippen LogP contribution in [0.25, 0.3) is 0 Å². The van der Waals surface area contributed by atoms with E-state index in [4.69, 9.17) is 6.42 Å². The number of terminal acetylenes is 1. The molecule has 2 heterocycles. The molecule has 13 nitrogen and oxygen atoms in total. The van der Waals surface area contributed by atoms with Gasteiger partial charge in [-0.05, 0) is 42.9 Å². The average Bonchev–Trinajstić information content (AvgIpc) is 3.59. The number of rotatable bonds is 17. The van der Waals surface area contributed by atoms with Crippen LogP contribution in [-0.4, -0.2) is 87.4 Å². The largest absolute Gasteiger partial charge is 0.346 e. The van der Waals surface area contributed by atoms with Crippen molar-refractivity contribution in [3.8, 4) is 12.3 Å². The summed E-state index contributed by atoms with van der Waals surface area (Å²) in [6, 6.07) is -4.18. The van der Waals surface area contributed by atoms with E-state index in [9.17, 15) is 28.8 Å². The maximum Gasteiger partial charge on any atom is 0.289 e. The zero-order valence-electron chi connectivity index (χ0n) is 32.3. The van der Waals surface area contributed by atoms with Gasteiger partial charge in [0.15, 0.2) is 0 Å². The van der Waals surface area contributed by atoms with Crippen molar-refractivity contribution in [3.05, 3.63) is 36.9 Å². The molecule has 0 bridgehead atoms. The summed E-state index contributed by atoms with van der Waals surface area (Å²) in [5.41, 5.74) is -1.53. The highest BCUT2D eigenvalue weighted by Gasteiger charge is 2.49. The Kier molecular flexibility index (Phi) is 15.7. The Balaban J connectivity index is 1.97. The molecular formula is C40H59N7O6. The molecule has 0 spiro atoms. The van der Waals surface area contributed by atoms with Crippen LogP contribution in [0, 0.1) is 35.0 Å². The van der Waals surface area contributed by atoms with Crippen molar-refractivity contribution in [3.63, 3.8) is 0 Å². The van der Waals surface area contributed by atoms with Crippen LogP contribution >= 0.6 is 0 Å². The predicted molar refractivity (Wildman–Crippen MR) is 202 cm³/mol. The molecule has 1 aliphatic carbocycles. The van der Waals surface area contributed by atoms with E-state index in [1.54, 1.807) is 0 Å². The van der Waals surface area contributed by atoms with Gasteiger partial charge in [-0.2, -0.15) is 0 Å². The summed E-state index contributed by atoms with van der Waals surface area (Å²) < 4.78 is 0. The van der Waals surface area contributed by atoms with Crippen molar-refractivity contribution in [2.75, 3.05) is 13.1 Å². The summed E-state index contributed by atoms with van der Waals surface area (Å²) in [5.74, 6) is -0.875. The lowest BCUT2D eigenvalue weighted by Gasteiger charge is -2.43. The van der Waals surface area contributed by atoms with Crippen LogP contribution in [0.3, 0.4) is 0 Å². The quantitative estimate of drug-likeness (QED) is 0.107. The molecule has 13 heteroatoms. The summed E-state index contributed by atoms with van der Waals surface area (Å²) in [5, 5.41) is 11.2. The van der Waals surface area contributed by atoms with Crippen LogP contribution in [0.2, 0.25) is 0 Å². The van der Waals surface area contributed by atoms with E-state index in [2.05, 4.69) is 43.7 Å². The van der Waals surface area contributed by atoms with Gasteiger partial charge in [-0.3, -0.25) is 33.8 Å². The number of carbonyl (C=O) groups excluding carboxylic acids is 6. The number of unbranched alkanes of at least 4 members (excludes halogenated alkanes) is 1. The van der Waals surface area contributed by atoms with Crippen LogP contribution in [0.5, 0.6) is 0 Å². The number of amides is 5. The first-order chi connectivity index (χ1) is 25.1. The van der Waals surface area contributed by atoms with Crippen molar-refractivity contribution in [2.24, 2.45) is 22.7 Å². The maximum atomic E-state index is 14.7. The van der Waals surface area contributed by atoms with Crippen molar-refractivity contribution >= 4 is 35.3 Å². The molecule has 290 valence electrons. The molecule has 2 aliphatic rings. The van der Waals surface area contributed by atoms with Crippen LogP contribution in [0.1, 0.15) is 116 Å². The highest BCUT2D eigenvalue weighted by Crippen LogP contribution is 2.43. The minimum atomic E-state index is -1.10. The maximum absolute atomic E-state index is 14.7. The number of aromatic nitrogens is 2. The number of likely N-dealkylation sites (tertiary alicyclic amines) is 1. The zero-order valence-corrected chi connectivity index (χ0v) is 32.3. The third kappa shape index (κ3) is 11.2. The molecule has 5 atom stereocenters. The molecule has 53 heavy (non-hydrogen) atoms. The van der Waals surface area contributed by atoms with Crippen LogP contribution in [0.15, 0.2) is 31.2 Å². The first-order valence-corrected chi connectivity index (χ1v) is 18.9. The van der Waals surface area contributed by atoms with E-state index in [1.807, 2.05) is 41.5 Å². The summed E-state index contributed by atoms with van der Waals surface area (Å²) in [6.45, 7) is 15.4. The van der Waals surface area contributed by atoms with E-state index in [1.165, 1.54) is 29.6 Å². The lowest BCUT2D eigenvalue weighted by molar-refractivity contribution is -0.145. The SMILES string of the molecule is C#CCC1([C@H](NC(=O)c2cnccn2)C(=O)N[C@H](C(=O)N2C[C@H](C(C)C)C[C@H]2C(=O)NC(CCCC)C(=O)C(=O)NCC=C)C(C)(C)C)CCCCC1. The molecule has 1 saturated carbocycles. The number of nitrogens with zero attached hydrogens (tertiary/aromatic N) is 3. The van der Waals surface area contributed by atoms with Gasteiger partial charge >= 0.3 is 0 Å². The van der Waals surface area contributed by atoms with Gasteiger partial charge in [-0.15, -0.1) is 18.9 Å². The molecule has 0 aromatic carbocycles. The Morgan fingerprint density at radius 3 is 2.34 bits per heavy atom. The van der Waals surface area contributed by atoms with Crippen molar-refractivity contribution in [1.29, 1.82) is 0 Å². The highest BCUT2D eigenvalue weighted by molar-refractivity contribution is 6.38. The summed E-state index contributed by atoms with van der Waals surface area (Å²) in [6.07, 6.45) is 17.5. The smallest absolute Gasteiger partial charge is 0.289 e. The number of hydrogen-bond donors (Lipinski definition) is 4. The first-order valence-electron chi connectivity index (χ1n) is 18.9. The van der Waals surface area contributed by atoms with Gasteiger partial charge in [0.25, 0.3) is 11.8 Å². The zero-order chi connectivity index (χ0) is 39.3. The minimum absolute atomic E-state index is 0.0353. The van der Waals surface area contributed by atoms with Crippen molar-refractivity contribution < 1.29 is 28.8 Å². The molecule has 1 aliphatic heterocycles. The normalized spacial score (nSPS) is 19.9. The number of ketones is 1. The molecule has 4 N–H and O–H groups in total. The van der Waals surface area contributed by atoms with Crippen LogP contribution < -0.4 is 21.3 Å². The molecule has 1 unspecified atom stereocenters. The summed E-state index contributed by atoms with van der Waals surface area (Å²) in [4.78, 5) is 92.2. The van der Waals surface area contributed by atoms with E-state index in [0.717, 1.165) is 25.7 Å². The summed E-state index contributed by atoms with van der Waals surface area (Å²) in [7, 11) is 0. The van der Waals surface area contributed by atoms with Gasteiger partial charge in [0.2, 0.25) is 23.5 Å². The lowest BCUT2D eigenvalue weighted by atomic mass is 9.66. The fourth-order valence-electron chi connectivity index (χ4n) is 7.38. The topological polar surface area (TPSA) is 180 Å². The van der Waals surface area contributed by atoms with Gasteiger partial charge in [-0.25, -0.2) is 4.98 Å². The standard InChI is InChI=1S/C40H59N7O6/c1-9-12-16-28(31(48)36(51)43-20-11-3)44-35(50)30-23-27(26(4)5)25-47(30)38(53)33(39(6,7)8)46-37(52)32(40(17-10-2)18-14-13-15-19-40)45-34(49)29-24-41-21-22-42-29/h2,11,21-22,24,26-28,30,32-33H,3,9,12-20,23,25H2,1,4-8H3,(H,43,51)(H,44,50)(H,45,49)(H,46,52)/t27-,28?,30+,32-,33-/m1/s1. The third-order valence-corrected chi connectivity index (χ3v) is 10.6. The average molecular weight is 734 g/mol. The highest BCUT2D eigenvalue weighted by atomic mass is 16.2. The van der Waals surface area contributed by atoms with Gasteiger partial charge < -0.3 is 26.2 Å². The molecule has 1 aromatic rings. The van der Waals surface area contributed by atoms with E-state index >= 15 is 0 Å². The molecule has 3 rings (SSSR count). The molecule has 1 saturated heterocycles. The summed E-state index contributed by atoms with van der Waals surface area (Å²) >= 11 is 0. The Labute approximate surface area is 314 Å². The molecule has 0 radical (unpaired) electrons. The second-order valence-electron chi connectivity index (χ2n) is 15.9. The third-order valence-electron chi connectivity index (χ3n) is 10.6. The Morgan fingerprint density at radius 1 is 1.08 bits per heavy atom. The lowest BCUT2D eigenvalue weighted by Crippen LogP contribution is -2.63. The molecule has 5 amide bonds. The number of Topliss-reactive ketones (excluding diaryl/α,β-unsaturated/α-hetero) is 1. The van der Waals surface area contributed by atoms with Gasteiger partial charge in [0.05, 0.1) is 12.2 Å². The second-order valence-corrected chi connectivity index (χ2v) is 15.9. The second kappa shape index (κ2) is 19.5. The van der Waals surface area contributed by atoms with E-state index in [-0.39, 0.29) is 43.5 Å². The Morgan fingerprint density at radius 2 is 1.77 bits per heavy atom. The number of carbonyl (C=O) groups is 6. The van der Waals surface area contributed by atoms with Crippen LogP contribution in [0.4, 0.5) is 0 Å². The monoisotopic (exact) mass is 733 g/mol. The van der Waals surface area contributed by atoms with Gasteiger partial charge in [0, 0.05) is 37.3 Å².